The summed E-state index contributed by atoms with van der Waals surface area (Å²) < 4.78 is 6.74. The highest BCUT2D eigenvalue weighted by Crippen LogP contribution is 2.14. The minimum Gasteiger partial charge on any atom is -0.408 e. The number of aryl methyl sites for hydroxylation is 1. The third-order valence-corrected chi connectivity index (χ3v) is 5.42. The van der Waals surface area contributed by atoms with Gasteiger partial charge in [0.15, 0.2) is 5.58 Å². The van der Waals surface area contributed by atoms with Gasteiger partial charge in [-0.15, -0.1) is 0 Å². The number of oxazole rings is 1. The van der Waals surface area contributed by atoms with E-state index in [2.05, 4.69) is 36.0 Å². The van der Waals surface area contributed by atoms with Crippen molar-refractivity contribution >= 4 is 17.0 Å². The first kappa shape index (κ1) is 19.6. The third-order valence-electron chi connectivity index (χ3n) is 5.42. The topological polar surface area (TPSA) is 70.7 Å². The first-order valence-electron chi connectivity index (χ1n) is 9.73. The van der Waals surface area contributed by atoms with Crippen molar-refractivity contribution in [1.82, 2.24) is 19.7 Å². The van der Waals surface area contributed by atoms with Gasteiger partial charge in [-0.25, -0.2) is 4.79 Å². The molecular formula is C20H30N4O3. The normalized spacial score (nSPS) is 17.5. The SMILES string of the molecule is CC(C)C(CNC(=O)CCn1c(=O)oc2ccccc21)N1CCN(C)CC1. The van der Waals surface area contributed by atoms with Crippen LogP contribution in [-0.2, 0) is 11.3 Å². The maximum atomic E-state index is 12.4. The van der Waals surface area contributed by atoms with E-state index in [1.165, 1.54) is 4.57 Å². The summed E-state index contributed by atoms with van der Waals surface area (Å²) >= 11 is 0. The molecule has 1 N–H and O–H groups in total. The van der Waals surface area contributed by atoms with Gasteiger partial charge in [-0.2, -0.15) is 0 Å². The number of carbonyl (C=O) groups excluding carboxylic acids is 1. The second kappa shape index (κ2) is 8.71. The fourth-order valence-corrected chi connectivity index (χ4v) is 3.69. The summed E-state index contributed by atoms with van der Waals surface area (Å²) in [5.74, 6) is 0.0163. The van der Waals surface area contributed by atoms with Gasteiger partial charge in [-0.3, -0.25) is 14.3 Å². The van der Waals surface area contributed by atoms with Crippen LogP contribution in [0.4, 0.5) is 0 Å². The lowest BCUT2D eigenvalue weighted by atomic mass is 10.0. The molecule has 0 spiro atoms. The molecule has 0 aliphatic carbocycles. The van der Waals surface area contributed by atoms with Crippen LogP contribution in [0.3, 0.4) is 0 Å². The number of benzene rings is 1. The number of likely N-dealkylation sites (N-methyl/N-ethyl adjacent to an activating group) is 1. The fraction of sp³-hybridized carbons (Fsp3) is 0.600. The Bertz CT molecular complexity index is 818. The van der Waals surface area contributed by atoms with Crippen LogP contribution in [0.2, 0.25) is 0 Å². The monoisotopic (exact) mass is 374 g/mol. The molecule has 0 saturated carbocycles. The average molecular weight is 374 g/mol. The highest BCUT2D eigenvalue weighted by atomic mass is 16.4. The Hall–Kier alpha value is -2.12. The van der Waals surface area contributed by atoms with Gasteiger partial charge < -0.3 is 14.6 Å². The molecule has 0 radical (unpaired) electrons. The molecule has 1 unspecified atom stereocenters. The molecule has 1 saturated heterocycles. The minimum atomic E-state index is -0.415. The molecule has 1 atom stereocenters. The largest absolute Gasteiger partial charge is 0.419 e. The van der Waals surface area contributed by atoms with E-state index >= 15 is 0 Å². The Morgan fingerprint density at radius 1 is 1.19 bits per heavy atom. The van der Waals surface area contributed by atoms with Gasteiger partial charge in [-0.05, 0) is 25.1 Å². The average Bonchev–Trinajstić information content (AvgIpc) is 2.96. The van der Waals surface area contributed by atoms with Crippen LogP contribution in [0.1, 0.15) is 20.3 Å². The predicted octanol–water partition coefficient (Wildman–Crippen LogP) is 1.37. The van der Waals surface area contributed by atoms with Crippen LogP contribution in [0, 0.1) is 5.92 Å². The Balaban J connectivity index is 1.53. The molecule has 7 nitrogen and oxygen atoms in total. The quantitative estimate of drug-likeness (QED) is 0.793. The number of hydrogen-bond donors (Lipinski definition) is 1. The molecular weight excluding hydrogens is 344 g/mol. The van der Waals surface area contributed by atoms with Crippen molar-refractivity contribution in [2.45, 2.75) is 32.9 Å². The highest BCUT2D eigenvalue weighted by molar-refractivity contribution is 5.76. The standard InChI is InChI=1S/C20H30N4O3/c1-15(2)17(23-12-10-22(3)11-13-23)14-21-19(25)8-9-24-16-6-4-5-7-18(16)27-20(24)26/h4-7,15,17H,8-14H2,1-3H3,(H,21,25). The lowest BCUT2D eigenvalue weighted by Crippen LogP contribution is -2.54. The zero-order valence-corrected chi connectivity index (χ0v) is 16.5. The number of nitrogens with zero attached hydrogens (tertiary/aromatic N) is 3. The van der Waals surface area contributed by atoms with E-state index in [1.54, 1.807) is 6.07 Å². The second-order valence-corrected chi connectivity index (χ2v) is 7.69. The number of hydrogen-bond acceptors (Lipinski definition) is 5. The van der Waals surface area contributed by atoms with Crippen LogP contribution >= 0.6 is 0 Å². The van der Waals surface area contributed by atoms with Gasteiger partial charge in [0.1, 0.15) is 0 Å². The summed E-state index contributed by atoms with van der Waals surface area (Å²) in [5.41, 5.74) is 1.28. The van der Waals surface area contributed by atoms with Gasteiger partial charge in [0.2, 0.25) is 5.91 Å². The number of amides is 1. The van der Waals surface area contributed by atoms with Crippen molar-refractivity contribution < 1.29 is 9.21 Å². The minimum absolute atomic E-state index is 0.0352. The summed E-state index contributed by atoms with van der Waals surface area (Å²) in [7, 11) is 2.14. The van der Waals surface area contributed by atoms with Crippen molar-refractivity contribution in [3.63, 3.8) is 0 Å². The van der Waals surface area contributed by atoms with E-state index in [9.17, 15) is 9.59 Å². The van der Waals surface area contributed by atoms with E-state index < -0.39 is 5.76 Å². The molecule has 1 aliphatic heterocycles. The van der Waals surface area contributed by atoms with E-state index in [0.717, 1.165) is 31.7 Å². The summed E-state index contributed by atoms with van der Waals surface area (Å²) in [4.78, 5) is 29.2. The summed E-state index contributed by atoms with van der Waals surface area (Å²) in [6.45, 7) is 9.56. The zero-order chi connectivity index (χ0) is 19.4. The van der Waals surface area contributed by atoms with Gasteiger partial charge >= 0.3 is 5.76 Å². The maximum absolute atomic E-state index is 12.4. The molecule has 1 aromatic heterocycles. The predicted molar refractivity (Wildman–Crippen MR) is 106 cm³/mol. The van der Waals surface area contributed by atoms with Gasteiger partial charge in [0.25, 0.3) is 0 Å². The Morgan fingerprint density at radius 3 is 2.59 bits per heavy atom. The smallest absolute Gasteiger partial charge is 0.408 e. The van der Waals surface area contributed by atoms with E-state index in [0.29, 0.717) is 30.6 Å². The molecule has 2 aromatic rings. The lowest BCUT2D eigenvalue weighted by molar-refractivity contribution is -0.121. The highest BCUT2D eigenvalue weighted by Gasteiger charge is 2.25. The Kier molecular flexibility index (Phi) is 6.34. The van der Waals surface area contributed by atoms with Crippen LogP contribution in [-0.4, -0.2) is 66.1 Å². The van der Waals surface area contributed by atoms with Crippen molar-refractivity contribution in [3.8, 4) is 0 Å². The summed E-state index contributed by atoms with van der Waals surface area (Å²) in [5, 5.41) is 3.06. The molecule has 1 fully saturated rings. The van der Waals surface area contributed by atoms with Crippen molar-refractivity contribution in [2.24, 2.45) is 5.92 Å². The van der Waals surface area contributed by atoms with Crippen molar-refractivity contribution in [2.75, 3.05) is 39.8 Å². The molecule has 0 bridgehead atoms. The molecule has 1 aromatic carbocycles. The number of carbonyl (C=O) groups is 1. The first-order chi connectivity index (χ1) is 13.0. The molecule has 148 valence electrons. The van der Waals surface area contributed by atoms with Gasteiger partial charge in [0, 0.05) is 51.7 Å². The molecule has 2 heterocycles. The van der Waals surface area contributed by atoms with Crippen LogP contribution < -0.4 is 11.1 Å². The van der Waals surface area contributed by atoms with Crippen LogP contribution in [0.5, 0.6) is 0 Å². The fourth-order valence-electron chi connectivity index (χ4n) is 3.69. The van der Waals surface area contributed by atoms with E-state index in [1.807, 2.05) is 18.2 Å². The Morgan fingerprint density at radius 2 is 1.89 bits per heavy atom. The molecule has 1 aliphatic rings. The Labute approximate surface area is 159 Å². The number of para-hydroxylation sites is 2. The molecule has 7 heteroatoms. The molecule has 27 heavy (non-hydrogen) atoms. The van der Waals surface area contributed by atoms with Crippen molar-refractivity contribution in [3.05, 3.63) is 34.8 Å². The lowest BCUT2D eigenvalue weighted by Gasteiger charge is -2.39. The number of fused-ring (bicyclic) bond motifs is 1. The number of rotatable bonds is 7. The molecule has 3 rings (SSSR count). The first-order valence-corrected chi connectivity index (χ1v) is 9.73. The summed E-state index contributed by atoms with van der Waals surface area (Å²) in [6.07, 6.45) is 0.261. The van der Waals surface area contributed by atoms with E-state index in [-0.39, 0.29) is 12.3 Å². The zero-order valence-electron chi connectivity index (χ0n) is 16.5. The summed E-state index contributed by atoms with van der Waals surface area (Å²) in [6, 6.07) is 7.61. The van der Waals surface area contributed by atoms with Crippen molar-refractivity contribution in [1.29, 1.82) is 0 Å². The maximum Gasteiger partial charge on any atom is 0.419 e. The number of aromatic nitrogens is 1. The van der Waals surface area contributed by atoms with E-state index in [4.69, 9.17) is 4.42 Å². The van der Waals surface area contributed by atoms with Crippen LogP contribution in [0.25, 0.3) is 11.1 Å². The van der Waals surface area contributed by atoms with Crippen LogP contribution in [0.15, 0.2) is 33.5 Å². The number of piperazine rings is 1. The van der Waals surface area contributed by atoms with Gasteiger partial charge in [0.05, 0.1) is 5.52 Å². The second-order valence-electron chi connectivity index (χ2n) is 7.69. The third kappa shape index (κ3) is 4.78. The number of nitrogens with one attached hydrogen (secondary N) is 1. The molecule has 1 amide bonds. The van der Waals surface area contributed by atoms with Gasteiger partial charge in [-0.1, -0.05) is 26.0 Å².